The molecule has 18 heavy (non-hydrogen) atoms. The Labute approximate surface area is 105 Å². The Hall–Kier alpha value is -0.980. The summed E-state index contributed by atoms with van der Waals surface area (Å²) in [5, 5.41) is 19.6. The van der Waals surface area contributed by atoms with Crippen LogP contribution >= 0.6 is 7.60 Å². The minimum atomic E-state index is -3.88. The van der Waals surface area contributed by atoms with E-state index in [1.807, 2.05) is 0 Å². The molecule has 0 aromatic rings. The molecule has 8 nitrogen and oxygen atoms in total. The smallest absolute Gasteiger partial charge is 0.345 e. The molecule has 0 fully saturated rings. The summed E-state index contributed by atoms with van der Waals surface area (Å²) < 4.78 is 22.1. The molecule has 0 amide bonds. The third-order valence-electron chi connectivity index (χ3n) is 2.21. The number of hydrogen-bond acceptors (Lipinski definition) is 6. The maximum Gasteiger partial charge on any atom is 0.345 e. The molecule has 9 heteroatoms. The van der Waals surface area contributed by atoms with Crippen LogP contribution in [0, 0.1) is 10.1 Å². The maximum absolute atomic E-state index is 12.3. The van der Waals surface area contributed by atoms with Gasteiger partial charge in [0.05, 0.1) is 13.2 Å². The molecule has 0 radical (unpaired) electrons. The van der Waals surface area contributed by atoms with Crippen LogP contribution in [-0.4, -0.2) is 40.9 Å². The Morgan fingerprint density at radius 3 is 2.11 bits per heavy atom. The summed E-state index contributed by atoms with van der Waals surface area (Å²) in [5.41, 5.74) is -1.53. The molecule has 0 saturated heterocycles. The van der Waals surface area contributed by atoms with Gasteiger partial charge in [-0.15, -0.1) is 0 Å². The van der Waals surface area contributed by atoms with E-state index in [-0.39, 0.29) is 13.2 Å². The zero-order valence-electron chi connectivity index (χ0n) is 10.6. The SMILES string of the molecule is CCOP(=O)(OCC)C(CC(C)[N+](=O)[O-])C(=O)O. The molecule has 2 atom stereocenters. The summed E-state index contributed by atoms with van der Waals surface area (Å²) in [6, 6.07) is -1.14. The van der Waals surface area contributed by atoms with Crippen molar-refractivity contribution in [2.45, 2.75) is 38.9 Å². The lowest BCUT2D eigenvalue weighted by atomic mass is 10.2. The van der Waals surface area contributed by atoms with E-state index < -0.39 is 36.6 Å². The Bertz CT molecular complexity index is 336. The molecule has 0 rings (SSSR count). The highest BCUT2D eigenvalue weighted by Gasteiger charge is 2.44. The van der Waals surface area contributed by atoms with Crippen LogP contribution < -0.4 is 0 Å². The van der Waals surface area contributed by atoms with Crippen LogP contribution in [0.2, 0.25) is 0 Å². The normalized spacial score (nSPS) is 15.1. The van der Waals surface area contributed by atoms with Gasteiger partial charge in [0.15, 0.2) is 5.66 Å². The first kappa shape index (κ1) is 17.0. The third-order valence-corrected chi connectivity index (χ3v) is 4.64. The van der Waals surface area contributed by atoms with E-state index in [9.17, 15) is 19.5 Å². The van der Waals surface area contributed by atoms with Gasteiger partial charge in [0.1, 0.15) is 0 Å². The Kier molecular flexibility index (Phi) is 7.05. The quantitative estimate of drug-likeness (QED) is 0.389. The highest BCUT2D eigenvalue weighted by molar-refractivity contribution is 7.55. The minimum absolute atomic E-state index is 0.00784. The topological polar surface area (TPSA) is 116 Å². The molecule has 0 aliphatic carbocycles. The van der Waals surface area contributed by atoms with Gasteiger partial charge in [0.25, 0.3) is 0 Å². The van der Waals surface area contributed by atoms with E-state index in [1.165, 1.54) is 6.92 Å². The number of rotatable bonds is 9. The van der Waals surface area contributed by atoms with Crippen molar-refractivity contribution in [3.05, 3.63) is 10.1 Å². The highest BCUT2D eigenvalue weighted by Crippen LogP contribution is 2.54. The Morgan fingerprint density at radius 1 is 1.39 bits per heavy atom. The van der Waals surface area contributed by atoms with E-state index in [0.29, 0.717) is 0 Å². The molecule has 1 N–H and O–H groups in total. The van der Waals surface area contributed by atoms with Crippen molar-refractivity contribution < 1.29 is 28.4 Å². The fraction of sp³-hybridized carbons (Fsp3) is 0.889. The lowest BCUT2D eigenvalue weighted by Gasteiger charge is -2.23. The number of nitrogens with zero attached hydrogens (tertiary/aromatic N) is 1. The number of hydrogen-bond donors (Lipinski definition) is 1. The number of aliphatic carboxylic acids is 1. The van der Waals surface area contributed by atoms with Gasteiger partial charge < -0.3 is 14.2 Å². The zero-order valence-corrected chi connectivity index (χ0v) is 11.5. The van der Waals surface area contributed by atoms with E-state index in [4.69, 9.17) is 14.2 Å². The predicted octanol–water partition coefficient (Wildman–Crippen LogP) is 1.76. The highest BCUT2D eigenvalue weighted by atomic mass is 31.2. The first-order valence-electron chi connectivity index (χ1n) is 5.53. The van der Waals surface area contributed by atoms with Gasteiger partial charge in [-0.3, -0.25) is 19.5 Å². The predicted molar refractivity (Wildman–Crippen MR) is 63.4 cm³/mol. The van der Waals surface area contributed by atoms with Crippen molar-refractivity contribution in [2.24, 2.45) is 0 Å². The van der Waals surface area contributed by atoms with Gasteiger partial charge in [0.2, 0.25) is 6.04 Å². The molecular weight excluding hydrogens is 265 g/mol. The molecule has 0 aromatic carbocycles. The number of nitro groups is 1. The fourth-order valence-electron chi connectivity index (χ4n) is 1.35. The largest absolute Gasteiger partial charge is 0.481 e. The lowest BCUT2D eigenvalue weighted by Crippen LogP contribution is -2.30. The molecule has 0 spiro atoms. The standard InChI is InChI=1S/C9H18NO7P/c1-4-16-18(15,17-5-2)8(9(11)12)6-7(3)10(13)14/h7-8H,4-6H2,1-3H3,(H,11,12). The van der Waals surface area contributed by atoms with Crippen LogP contribution in [-0.2, 0) is 18.4 Å². The average Bonchev–Trinajstić information content (AvgIpc) is 2.25. The van der Waals surface area contributed by atoms with Crippen molar-refractivity contribution in [3.8, 4) is 0 Å². The Balaban J connectivity index is 5.10. The monoisotopic (exact) mass is 283 g/mol. The van der Waals surface area contributed by atoms with E-state index >= 15 is 0 Å². The van der Waals surface area contributed by atoms with Crippen LogP contribution in [0.4, 0.5) is 0 Å². The molecule has 0 aliphatic heterocycles. The molecule has 2 unspecified atom stereocenters. The van der Waals surface area contributed by atoms with E-state index in [2.05, 4.69) is 0 Å². The second-order valence-corrected chi connectivity index (χ2v) is 5.82. The van der Waals surface area contributed by atoms with Crippen LogP contribution in [0.25, 0.3) is 0 Å². The number of carboxylic acid groups (broad SMARTS) is 1. The second kappa shape index (κ2) is 7.45. The summed E-state index contributed by atoms with van der Waals surface area (Å²) in [6.07, 6.45) is -0.403. The summed E-state index contributed by atoms with van der Waals surface area (Å²) >= 11 is 0. The van der Waals surface area contributed by atoms with Crippen LogP contribution in [0.15, 0.2) is 0 Å². The van der Waals surface area contributed by atoms with Crippen molar-refractivity contribution >= 4 is 13.6 Å². The maximum atomic E-state index is 12.3. The summed E-state index contributed by atoms with van der Waals surface area (Å²) in [5.74, 6) is -1.42. The average molecular weight is 283 g/mol. The zero-order chi connectivity index (χ0) is 14.3. The lowest BCUT2D eigenvalue weighted by molar-refractivity contribution is -0.518. The van der Waals surface area contributed by atoms with Crippen molar-refractivity contribution in [3.63, 3.8) is 0 Å². The summed E-state index contributed by atoms with van der Waals surface area (Å²) in [4.78, 5) is 21.0. The van der Waals surface area contributed by atoms with Gasteiger partial charge in [-0.05, 0) is 13.8 Å². The molecule has 0 saturated carbocycles. The van der Waals surface area contributed by atoms with Gasteiger partial charge in [-0.1, -0.05) is 0 Å². The van der Waals surface area contributed by atoms with E-state index in [0.717, 1.165) is 0 Å². The van der Waals surface area contributed by atoms with Crippen LogP contribution in [0.3, 0.4) is 0 Å². The van der Waals surface area contributed by atoms with Crippen LogP contribution in [0.1, 0.15) is 27.2 Å². The Morgan fingerprint density at radius 2 is 1.83 bits per heavy atom. The molecule has 0 aromatic heterocycles. The van der Waals surface area contributed by atoms with Gasteiger partial charge in [0, 0.05) is 18.3 Å². The van der Waals surface area contributed by atoms with Gasteiger partial charge in [-0.25, -0.2) is 0 Å². The van der Waals surface area contributed by atoms with Crippen molar-refractivity contribution in [1.82, 2.24) is 0 Å². The van der Waals surface area contributed by atoms with Gasteiger partial charge >= 0.3 is 13.6 Å². The number of carbonyl (C=O) groups is 1. The fourth-order valence-corrected chi connectivity index (χ4v) is 3.34. The first-order chi connectivity index (χ1) is 8.28. The molecule has 0 bridgehead atoms. The third kappa shape index (κ3) is 4.72. The molecule has 0 aliphatic rings. The number of carboxylic acids is 1. The minimum Gasteiger partial charge on any atom is -0.481 e. The molecular formula is C9H18NO7P. The van der Waals surface area contributed by atoms with E-state index in [1.54, 1.807) is 13.8 Å². The van der Waals surface area contributed by atoms with Crippen molar-refractivity contribution in [2.75, 3.05) is 13.2 Å². The molecule has 106 valence electrons. The molecule has 0 heterocycles. The van der Waals surface area contributed by atoms with Crippen molar-refractivity contribution in [1.29, 1.82) is 0 Å². The summed E-state index contributed by atoms with van der Waals surface area (Å²) in [7, 11) is -3.88. The second-order valence-electron chi connectivity index (χ2n) is 3.60. The summed E-state index contributed by atoms with van der Waals surface area (Å²) in [6.45, 7) is 4.35. The first-order valence-corrected chi connectivity index (χ1v) is 7.14. The van der Waals surface area contributed by atoms with Crippen LogP contribution in [0.5, 0.6) is 0 Å². The van der Waals surface area contributed by atoms with Gasteiger partial charge in [-0.2, -0.15) is 0 Å².